The number of benzene rings is 2. The molecule has 0 N–H and O–H groups in total. The van der Waals surface area contributed by atoms with Crippen LogP contribution in [0.3, 0.4) is 0 Å². The van der Waals surface area contributed by atoms with Crippen molar-refractivity contribution in [3.8, 4) is 34.5 Å². The summed E-state index contributed by atoms with van der Waals surface area (Å²) in [5.41, 5.74) is 0. The molecule has 0 unspecified atom stereocenters. The van der Waals surface area contributed by atoms with Crippen molar-refractivity contribution in [2.75, 3.05) is 28.4 Å². The van der Waals surface area contributed by atoms with Gasteiger partial charge in [-0.3, -0.25) is 12.2 Å². The molecular weight excluding hydrogens is 500 g/mol. The van der Waals surface area contributed by atoms with Crippen LogP contribution in [0.4, 0.5) is 0 Å². The minimum Gasteiger partial charge on any atom is -0.867 e. The van der Waals surface area contributed by atoms with E-state index in [0.29, 0.717) is 23.0 Å². The van der Waals surface area contributed by atoms with Crippen molar-refractivity contribution in [3.63, 3.8) is 0 Å². The molecule has 0 saturated carbocycles. The molecule has 0 spiro atoms. The molecule has 33 heavy (non-hydrogen) atoms. The maximum Gasteiger partial charge on any atom is 4.00 e. The minimum absolute atomic E-state index is 0. The predicted octanol–water partition coefficient (Wildman–Crippen LogP) is 4.16. The molecule has 2 aromatic rings. The van der Waals surface area contributed by atoms with Crippen LogP contribution in [0.25, 0.3) is 0 Å². The quantitative estimate of drug-likeness (QED) is 0.555. The zero-order valence-electron chi connectivity index (χ0n) is 19.3. The van der Waals surface area contributed by atoms with Crippen LogP contribution < -0.4 is 29.2 Å². The number of hydrogen-bond acceptors (Lipinski definition) is 6. The van der Waals surface area contributed by atoms with Gasteiger partial charge in [0.25, 0.3) is 0 Å². The fraction of sp³-hybridized carbons (Fsp3) is 0.231. The van der Waals surface area contributed by atoms with Gasteiger partial charge in [0.1, 0.15) is 23.0 Å². The van der Waals surface area contributed by atoms with Crippen molar-refractivity contribution in [2.24, 2.45) is 0 Å². The van der Waals surface area contributed by atoms with E-state index in [-0.39, 0.29) is 37.7 Å². The molecule has 4 rings (SSSR count). The first-order valence-electron chi connectivity index (χ1n) is 9.78. The van der Waals surface area contributed by atoms with E-state index < -0.39 is 0 Å². The van der Waals surface area contributed by atoms with Gasteiger partial charge in [-0.25, -0.2) is 24.3 Å². The number of allylic oxidation sites excluding steroid dienone is 8. The average molecular weight is 528 g/mol. The first-order valence-corrected chi connectivity index (χ1v) is 9.78. The third-order valence-corrected chi connectivity index (χ3v) is 3.94. The van der Waals surface area contributed by atoms with Crippen molar-refractivity contribution in [1.29, 1.82) is 0 Å². The van der Waals surface area contributed by atoms with Gasteiger partial charge in [-0.15, -0.1) is 12.8 Å². The van der Waals surface area contributed by atoms with Crippen LogP contribution in [0.15, 0.2) is 72.9 Å². The van der Waals surface area contributed by atoms with Gasteiger partial charge in [-0.05, 0) is 35.8 Å². The second-order valence-electron chi connectivity index (χ2n) is 5.99. The van der Waals surface area contributed by atoms with Crippen LogP contribution >= 0.6 is 0 Å². The van der Waals surface area contributed by atoms with Crippen molar-refractivity contribution >= 4 is 0 Å². The Morgan fingerprint density at radius 3 is 1.06 bits per heavy atom. The zero-order valence-corrected chi connectivity index (χ0v) is 21.7. The second kappa shape index (κ2) is 18.6. The Balaban J connectivity index is 0.000000434. The molecule has 0 heterocycles. The number of methoxy groups -OCH3 is 4. The van der Waals surface area contributed by atoms with Gasteiger partial charge < -0.3 is 29.2 Å². The third kappa shape index (κ3) is 11.5. The van der Waals surface area contributed by atoms with E-state index in [4.69, 9.17) is 18.9 Å². The summed E-state index contributed by atoms with van der Waals surface area (Å²) >= 11 is 0. The Bertz CT molecular complexity index is 779. The molecule has 0 saturated heterocycles. The van der Waals surface area contributed by atoms with Gasteiger partial charge in [0.2, 0.25) is 0 Å². The van der Waals surface area contributed by atoms with Gasteiger partial charge >= 0.3 is 26.2 Å². The predicted molar refractivity (Wildman–Crippen MR) is 121 cm³/mol. The monoisotopic (exact) mass is 526 g/mol. The Morgan fingerprint density at radius 2 is 0.909 bits per heavy atom. The van der Waals surface area contributed by atoms with Crippen LogP contribution in [0.1, 0.15) is 12.8 Å². The number of hydrogen-bond donors (Lipinski definition) is 0. The minimum atomic E-state index is -0.211. The molecule has 2 aliphatic carbocycles. The summed E-state index contributed by atoms with van der Waals surface area (Å²) in [5.74, 6) is 0.817. The molecule has 2 aromatic carbocycles. The summed E-state index contributed by atoms with van der Waals surface area (Å²) in [6, 6.07) is 9.82. The normalized spacial score (nSPS) is 11.5. The summed E-state index contributed by atoms with van der Waals surface area (Å²) < 4.78 is 19.2. The number of ether oxygens (including phenoxy) is 4. The van der Waals surface area contributed by atoms with Crippen molar-refractivity contribution in [1.82, 2.24) is 0 Å². The van der Waals surface area contributed by atoms with Crippen molar-refractivity contribution < 1.29 is 55.4 Å². The molecule has 0 atom stereocenters. The molecule has 0 bridgehead atoms. The topological polar surface area (TPSA) is 83.0 Å². The third-order valence-electron chi connectivity index (χ3n) is 3.94. The largest absolute Gasteiger partial charge is 4.00 e. The van der Waals surface area contributed by atoms with Crippen molar-refractivity contribution in [3.05, 3.63) is 85.0 Å². The Kier molecular flexibility index (Phi) is 17.0. The van der Waals surface area contributed by atoms with Crippen LogP contribution in [0.2, 0.25) is 0 Å². The first kappa shape index (κ1) is 30.1. The van der Waals surface area contributed by atoms with E-state index in [0.717, 1.165) is 12.8 Å². The summed E-state index contributed by atoms with van der Waals surface area (Å²) in [6.07, 6.45) is 20.0. The standard InChI is InChI=1S/2C8H10O3.2C5H5.Zr/c2*1-10-6-4-3-5-7(11-2)8(6)9;2*1-2-4-5-3-1;/h2*3-5,9H,1-2H3;2*1-3H,4H2;/q;;2*-1;+4/p-2. The second-order valence-corrected chi connectivity index (χ2v) is 5.99. The van der Waals surface area contributed by atoms with E-state index in [1.165, 1.54) is 28.4 Å². The average Bonchev–Trinajstić information content (AvgIpc) is 3.59. The Morgan fingerprint density at radius 1 is 0.606 bits per heavy atom. The molecule has 6 nitrogen and oxygen atoms in total. The Labute approximate surface area is 215 Å². The van der Waals surface area contributed by atoms with Crippen molar-refractivity contribution in [2.45, 2.75) is 12.8 Å². The molecule has 0 radical (unpaired) electrons. The molecule has 0 aromatic heterocycles. The summed E-state index contributed by atoms with van der Waals surface area (Å²) in [4.78, 5) is 0. The van der Waals surface area contributed by atoms with E-state index >= 15 is 0 Å². The Hall–Kier alpha value is -2.92. The maximum atomic E-state index is 11.2. The van der Waals surface area contributed by atoms with E-state index in [1.807, 2.05) is 24.3 Å². The fourth-order valence-corrected chi connectivity index (χ4v) is 2.31. The summed E-state index contributed by atoms with van der Waals surface area (Å²) in [6.45, 7) is 0. The molecule has 172 valence electrons. The van der Waals surface area contributed by atoms with Gasteiger partial charge in [-0.1, -0.05) is 12.1 Å². The number of rotatable bonds is 4. The van der Waals surface area contributed by atoms with Crippen LogP contribution in [-0.4, -0.2) is 28.4 Å². The van der Waals surface area contributed by atoms with Gasteiger partial charge in [-0.2, -0.15) is 12.2 Å². The van der Waals surface area contributed by atoms with Crippen LogP contribution in [-0.2, 0) is 26.2 Å². The SMILES string of the molecule is COc1cccc(OC)c1[O-].COc1cccc(OC)c1[O-].[C-]1=CC=CC1.[C-]1=CC=CC1.[Zr+4]. The molecule has 0 fully saturated rings. The maximum absolute atomic E-state index is 11.2. The molecular formula is C26H28O6Zr. The first-order chi connectivity index (χ1) is 15.6. The van der Waals surface area contributed by atoms with Gasteiger partial charge in [0, 0.05) is 0 Å². The molecule has 7 heteroatoms. The van der Waals surface area contributed by atoms with E-state index in [1.54, 1.807) is 36.4 Å². The fourth-order valence-electron chi connectivity index (χ4n) is 2.31. The van der Waals surface area contributed by atoms with E-state index in [9.17, 15) is 10.2 Å². The van der Waals surface area contributed by atoms with Crippen LogP contribution in [0, 0.1) is 12.2 Å². The van der Waals surface area contributed by atoms with Crippen LogP contribution in [0.5, 0.6) is 34.5 Å². The molecule has 2 aliphatic rings. The summed E-state index contributed by atoms with van der Waals surface area (Å²) in [5, 5.41) is 22.4. The molecule has 0 amide bonds. The smallest absolute Gasteiger partial charge is 0.867 e. The zero-order chi connectivity index (χ0) is 23.6. The van der Waals surface area contributed by atoms with Gasteiger partial charge in [0.05, 0.1) is 28.4 Å². The summed E-state index contributed by atoms with van der Waals surface area (Å²) in [7, 11) is 5.82. The van der Waals surface area contributed by atoms with Gasteiger partial charge in [0.15, 0.2) is 0 Å². The molecule has 0 aliphatic heterocycles. The number of para-hydroxylation sites is 2. The van der Waals surface area contributed by atoms with E-state index in [2.05, 4.69) is 24.3 Å².